The van der Waals surface area contributed by atoms with Crippen LogP contribution in [0, 0.1) is 0 Å². The van der Waals surface area contributed by atoms with E-state index in [1.54, 1.807) is 0 Å². The number of benzene rings is 1. The molecule has 0 radical (unpaired) electrons. The SMILES string of the molecule is CCCNC(=O)CN1CCN(c2ncc(S(=O)(=O)c3cc(Cl)ccc3OC)c(N)n2)CC1. The first-order chi connectivity index (χ1) is 15.3. The molecule has 1 saturated heterocycles. The zero-order valence-electron chi connectivity index (χ0n) is 18.0. The molecule has 0 unspecified atom stereocenters. The predicted octanol–water partition coefficient (Wildman–Crippen LogP) is 1.20. The average Bonchev–Trinajstić information content (AvgIpc) is 2.78. The number of methoxy groups -OCH3 is 1. The van der Waals surface area contributed by atoms with Gasteiger partial charge in [0.05, 0.1) is 19.9 Å². The van der Waals surface area contributed by atoms with E-state index in [2.05, 4.69) is 20.2 Å². The number of carbonyl (C=O) groups is 1. The summed E-state index contributed by atoms with van der Waals surface area (Å²) in [5.74, 6) is 0.344. The Labute approximate surface area is 192 Å². The fourth-order valence-corrected chi connectivity index (χ4v) is 5.03. The van der Waals surface area contributed by atoms with Gasteiger partial charge in [0.25, 0.3) is 0 Å². The van der Waals surface area contributed by atoms with Gasteiger partial charge in [-0.15, -0.1) is 0 Å². The van der Waals surface area contributed by atoms with Crippen molar-refractivity contribution in [2.45, 2.75) is 23.1 Å². The summed E-state index contributed by atoms with van der Waals surface area (Å²) in [7, 11) is -2.67. The Morgan fingerprint density at radius 2 is 1.97 bits per heavy atom. The number of hydrogen-bond acceptors (Lipinski definition) is 9. The van der Waals surface area contributed by atoms with Crippen molar-refractivity contribution in [3.63, 3.8) is 0 Å². The van der Waals surface area contributed by atoms with E-state index < -0.39 is 9.84 Å². The van der Waals surface area contributed by atoms with Gasteiger partial charge in [-0.25, -0.2) is 13.4 Å². The number of anilines is 2. The summed E-state index contributed by atoms with van der Waals surface area (Å²) >= 11 is 5.98. The van der Waals surface area contributed by atoms with Crippen molar-refractivity contribution in [3.05, 3.63) is 29.4 Å². The monoisotopic (exact) mass is 482 g/mol. The van der Waals surface area contributed by atoms with E-state index in [-0.39, 0.29) is 32.3 Å². The smallest absolute Gasteiger partial charge is 0.234 e. The van der Waals surface area contributed by atoms with E-state index in [0.29, 0.717) is 45.2 Å². The predicted molar refractivity (Wildman–Crippen MR) is 122 cm³/mol. The average molecular weight is 483 g/mol. The zero-order chi connectivity index (χ0) is 23.3. The van der Waals surface area contributed by atoms with Crippen LogP contribution in [0.4, 0.5) is 11.8 Å². The fraction of sp³-hybridized carbons (Fsp3) is 0.450. The van der Waals surface area contributed by atoms with E-state index in [4.69, 9.17) is 22.1 Å². The van der Waals surface area contributed by atoms with Crippen LogP contribution in [0.2, 0.25) is 5.02 Å². The van der Waals surface area contributed by atoms with Crippen molar-refractivity contribution in [1.29, 1.82) is 0 Å². The Morgan fingerprint density at radius 3 is 2.59 bits per heavy atom. The second kappa shape index (κ2) is 10.3. The van der Waals surface area contributed by atoms with Crippen molar-refractivity contribution in [2.75, 3.05) is 57.0 Å². The summed E-state index contributed by atoms with van der Waals surface area (Å²) in [6, 6.07) is 4.32. The lowest BCUT2D eigenvalue weighted by atomic mass is 10.3. The van der Waals surface area contributed by atoms with E-state index in [0.717, 1.165) is 6.42 Å². The van der Waals surface area contributed by atoms with Gasteiger partial charge in [0.2, 0.25) is 21.7 Å². The van der Waals surface area contributed by atoms with E-state index in [9.17, 15) is 13.2 Å². The molecule has 0 bridgehead atoms. The van der Waals surface area contributed by atoms with Gasteiger partial charge in [0.15, 0.2) is 0 Å². The van der Waals surface area contributed by atoms with Crippen LogP contribution in [0.25, 0.3) is 0 Å². The highest BCUT2D eigenvalue weighted by atomic mass is 35.5. The molecule has 2 aromatic rings. The number of ether oxygens (including phenoxy) is 1. The number of carbonyl (C=O) groups excluding carboxylic acids is 1. The molecule has 0 atom stereocenters. The third-order valence-electron chi connectivity index (χ3n) is 5.07. The standard InChI is InChI=1S/C20H27ClN6O4S/c1-3-6-23-18(28)13-26-7-9-27(10-8-26)20-24-12-17(19(22)25-20)32(29,30)16-11-14(21)4-5-15(16)31-2/h4-5,11-12H,3,6-10,13H2,1-2H3,(H,23,28)(H2,22,24,25). The Balaban J connectivity index is 1.73. The first-order valence-electron chi connectivity index (χ1n) is 10.2. The van der Waals surface area contributed by atoms with Crippen LogP contribution >= 0.6 is 11.6 Å². The molecule has 0 aliphatic carbocycles. The molecule has 174 valence electrons. The number of rotatable bonds is 8. The summed E-state index contributed by atoms with van der Waals surface area (Å²) in [5, 5.41) is 3.12. The van der Waals surface area contributed by atoms with Gasteiger partial charge in [0.1, 0.15) is 21.4 Å². The normalized spacial score (nSPS) is 14.9. The van der Waals surface area contributed by atoms with Crippen LogP contribution in [0.3, 0.4) is 0 Å². The molecule has 1 fully saturated rings. The maximum atomic E-state index is 13.1. The number of piperazine rings is 1. The quantitative estimate of drug-likeness (QED) is 0.569. The molecule has 2 heterocycles. The van der Waals surface area contributed by atoms with Crippen molar-refractivity contribution < 1.29 is 17.9 Å². The number of nitrogen functional groups attached to an aromatic ring is 1. The number of nitrogens with zero attached hydrogens (tertiary/aromatic N) is 4. The topological polar surface area (TPSA) is 131 Å². The molecule has 1 amide bonds. The molecule has 1 aromatic carbocycles. The molecule has 1 aliphatic heterocycles. The number of sulfone groups is 1. The second-order valence-electron chi connectivity index (χ2n) is 7.33. The lowest BCUT2D eigenvalue weighted by molar-refractivity contribution is -0.122. The van der Waals surface area contributed by atoms with Crippen molar-refractivity contribution in [2.24, 2.45) is 0 Å². The van der Waals surface area contributed by atoms with E-state index in [1.807, 2.05) is 11.8 Å². The van der Waals surface area contributed by atoms with Crippen molar-refractivity contribution in [1.82, 2.24) is 20.2 Å². The van der Waals surface area contributed by atoms with E-state index in [1.165, 1.54) is 31.5 Å². The lowest BCUT2D eigenvalue weighted by Gasteiger charge is -2.34. The van der Waals surface area contributed by atoms with Crippen LogP contribution in [0.15, 0.2) is 34.2 Å². The summed E-state index contributed by atoms with van der Waals surface area (Å²) in [4.78, 5) is 24.0. The Bertz CT molecular complexity index is 1070. The van der Waals surface area contributed by atoms with Gasteiger partial charge in [0, 0.05) is 37.7 Å². The second-order valence-corrected chi connectivity index (χ2v) is 9.65. The largest absolute Gasteiger partial charge is 0.495 e. The number of hydrogen-bond donors (Lipinski definition) is 2. The Hall–Kier alpha value is -2.63. The minimum Gasteiger partial charge on any atom is -0.495 e. The van der Waals surface area contributed by atoms with Crippen LogP contribution in [-0.2, 0) is 14.6 Å². The van der Waals surface area contributed by atoms with Gasteiger partial charge in [-0.3, -0.25) is 9.69 Å². The minimum atomic E-state index is -4.04. The van der Waals surface area contributed by atoms with Gasteiger partial charge in [-0.2, -0.15) is 4.98 Å². The number of amides is 1. The number of nitrogens with one attached hydrogen (secondary N) is 1. The molecule has 0 spiro atoms. The van der Waals surface area contributed by atoms with Gasteiger partial charge in [-0.1, -0.05) is 18.5 Å². The molecular formula is C20H27ClN6O4S. The molecule has 32 heavy (non-hydrogen) atoms. The molecule has 1 aliphatic rings. The molecule has 12 heteroatoms. The first kappa shape index (κ1) is 24.0. The molecular weight excluding hydrogens is 456 g/mol. The molecule has 3 rings (SSSR count). The Kier molecular flexibility index (Phi) is 7.75. The molecule has 1 aromatic heterocycles. The third-order valence-corrected chi connectivity index (χ3v) is 7.10. The van der Waals surface area contributed by atoms with Crippen molar-refractivity contribution in [3.8, 4) is 5.75 Å². The Morgan fingerprint density at radius 1 is 1.25 bits per heavy atom. The third kappa shape index (κ3) is 5.40. The number of halogens is 1. The van der Waals surface area contributed by atoms with Crippen LogP contribution in [0.5, 0.6) is 5.75 Å². The van der Waals surface area contributed by atoms with Crippen molar-refractivity contribution >= 4 is 39.1 Å². The number of nitrogens with two attached hydrogens (primary N) is 1. The van der Waals surface area contributed by atoms with Gasteiger partial charge in [-0.05, 0) is 24.6 Å². The van der Waals surface area contributed by atoms with Crippen LogP contribution < -0.4 is 20.7 Å². The minimum absolute atomic E-state index is 0.00629. The summed E-state index contributed by atoms with van der Waals surface area (Å²) in [5.41, 5.74) is 6.03. The van der Waals surface area contributed by atoms with Gasteiger partial charge >= 0.3 is 0 Å². The summed E-state index contributed by atoms with van der Waals surface area (Å²) in [6.45, 7) is 5.51. The number of aromatic nitrogens is 2. The van der Waals surface area contributed by atoms with Crippen LogP contribution in [0.1, 0.15) is 13.3 Å². The molecule has 10 nitrogen and oxygen atoms in total. The first-order valence-corrected chi connectivity index (χ1v) is 12.1. The highest BCUT2D eigenvalue weighted by molar-refractivity contribution is 7.91. The zero-order valence-corrected chi connectivity index (χ0v) is 19.6. The van der Waals surface area contributed by atoms with E-state index >= 15 is 0 Å². The maximum absolute atomic E-state index is 13.1. The van der Waals surface area contributed by atoms with Gasteiger partial charge < -0.3 is 20.7 Å². The fourth-order valence-electron chi connectivity index (χ4n) is 3.34. The van der Waals surface area contributed by atoms with Crippen LogP contribution in [-0.4, -0.2) is 75.6 Å². The lowest BCUT2D eigenvalue weighted by Crippen LogP contribution is -2.50. The molecule has 0 saturated carbocycles. The maximum Gasteiger partial charge on any atom is 0.234 e. The highest BCUT2D eigenvalue weighted by Crippen LogP contribution is 2.33. The highest BCUT2D eigenvalue weighted by Gasteiger charge is 2.28. The summed E-state index contributed by atoms with van der Waals surface area (Å²) in [6.07, 6.45) is 2.10. The molecule has 3 N–H and O–H groups in total. The summed E-state index contributed by atoms with van der Waals surface area (Å²) < 4.78 is 31.4.